The summed E-state index contributed by atoms with van der Waals surface area (Å²) in [5, 5.41) is 3.50. The number of halogens is 1. The largest absolute Gasteiger partial charge is 0.324 e. The van der Waals surface area contributed by atoms with E-state index in [4.69, 9.17) is 11.6 Å². The highest BCUT2D eigenvalue weighted by Gasteiger charge is 2.43. The van der Waals surface area contributed by atoms with Crippen LogP contribution in [0.3, 0.4) is 0 Å². The molecule has 0 saturated heterocycles. The number of hydrogen-bond acceptors (Lipinski definition) is 2. The fourth-order valence-corrected chi connectivity index (χ4v) is 3.50. The van der Waals surface area contributed by atoms with Gasteiger partial charge in [-0.1, -0.05) is 35.4 Å². The highest BCUT2D eigenvalue weighted by Crippen LogP contribution is 2.30. The van der Waals surface area contributed by atoms with E-state index in [1.807, 2.05) is 60.2 Å². The van der Waals surface area contributed by atoms with Gasteiger partial charge in [0.15, 0.2) is 6.20 Å². The number of pyridine rings is 1. The quantitative estimate of drug-likeness (QED) is 0.691. The van der Waals surface area contributed by atoms with Gasteiger partial charge in [0.1, 0.15) is 0 Å². The second kappa shape index (κ2) is 7.44. The lowest BCUT2D eigenvalue weighted by Crippen LogP contribution is -2.58. The molecule has 6 heteroatoms. The molecule has 0 bridgehead atoms. The number of aromatic nitrogens is 1. The maximum atomic E-state index is 13.3. The van der Waals surface area contributed by atoms with Crippen molar-refractivity contribution < 1.29 is 14.2 Å². The van der Waals surface area contributed by atoms with Gasteiger partial charge in [0.2, 0.25) is 18.3 Å². The van der Waals surface area contributed by atoms with Crippen molar-refractivity contribution in [3.8, 4) is 0 Å². The third-order valence-corrected chi connectivity index (χ3v) is 5.01. The Labute approximate surface area is 168 Å². The molecule has 5 nitrogen and oxygen atoms in total. The monoisotopic (exact) mass is 392 g/mol. The molecule has 1 aromatic heterocycles. The highest BCUT2D eigenvalue weighted by molar-refractivity contribution is 6.30. The molecule has 0 saturated carbocycles. The summed E-state index contributed by atoms with van der Waals surface area (Å²) >= 11 is 5.93. The van der Waals surface area contributed by atoms with Crippen molar-refractivity contribution in [2.24, 2.45) is 0 Å². The average molecular weight is 393 g/mol. The number of carbonyl (C=O) groups excluding carboxylic acids is 2. The summed E-state index contributed by atoms with van der Waals surface area (Å²) in [7, 11) is 0. The van der Waals surface area contributed by atoms with Gasteiger partial charge in [-0.15, -0.1) is 0 Å². The molecule has 3 aromatic rings. The van der Waals surface area contributed by atoms with Crippen LogP contribution in [0.1, 0.15) is 17.3 Å². The third-order valence-electron chi connectivity index (χ3n) is 4.76. The van der Waals surface area contributed by atoms with E-state index in [-0.39, 0.29) is 18.4 Å². The average Bonchev–Trinajstić information content (AvgIpc) is 2.69. The molecule has 2 amide bonds. The van der Waals surface area contributed by atoms with Gasteiger partial charge in [-0.2, -0.15) is 4.57 Å². The van der Waals surface area contributed by atoms with Crippen molar-refractivity contribution >= 4 is 34.8 Å². The summed E-state index contributed by atoms with van der Waals surface area (Å²) in [5.41, 5.74) is 3.17. The summed E-state index contributed by atoms with van der Waals surface area (Å²) in [6.07, 6.45) is 1.82. The van der Waals surface area contributed by atoms with Crippen molar-refractivity contribution in [1.29, 1.82) is 0 Å². The SMILES string of the molecule is Cc1ccc(N2C(=O)C[n+]3ccccc3[C@@H]2C(=O)Nc2ccc(Cl)cc2)cc1. The molecule has 2 heterocycles. The lowest BCUT2D eigenvalue weighted by Gasteiger charge is -2.32. The fourth-order valence-electron chi connectivity index (χ4n) is 3.37. The second-order valence-electron chi connectivity index (χ2n) is 6.75. The molecule has 140 valence electrons. The molecule has 1 N–H and O–H groups in total. The molecule has 1 aliphatic heterocycles. The predicted octanol–water partition coefficient (Wildman–Crippen LogP) is 3.66. The maximum absolute atomic E-state index is 13.3. The van der Waals surface area contributed by atoms with Crippen molar-refractivity contribution in [3.05, 3.63) is 89.2 Å². The molecule has 0 aliphatic carbocycles. The molecular formula is C22H19ClN3O2+. The van der Waals surface area contributed by atoms with E-state index in [0.717, 1.165) is 11.3 Å². The second-order valence-corrected chi connectivity index (χ2v) is 7.19. The summed E-state index contributed by atoms with van der Waals surface area (Å²) in [6, 6.07) is 19.3. The van der Waals surface area contributed by atoms with Crippen LogP contribution in [0.2, 0.25) is 5.02 Å². The van der Waals surface area contributed by atoms with Crippen LogP contribution >= 0.6 is 11.6 Å². The molecule has 0 radical (unpaired) electrons. The van der Waals surface area contributed by atoms with Gasteiger partial charge < -0.3 is 5.32 Å². The van der Waals surface area contributed by atoms with Crippen LogP contribution in [0.15, 0.2) is 72.9 Å². The highest BCUT2D eigenvalue weighted by atomic mass is 35.5. The van der Waals surface area contributed by atoms with Gasteiger partial charge in [0, 0.05) is 28.5 Å². The molecule has 1 atom stereocenters. The minimum Gasteiger partial charge on any atom is -0.324 e. The van der Waals surface area contributed by atoms with E-state index in [1.54, 1.807) is 29.2 Å². The zero-order valence-electron chi connectivity index (χ0n) is 15.3. The van der Waals surface area contributed by atoms with Crippen LogP contribution in [-0.4, -0.2) is 11.8 Å². The summed E-state index contributed by atoms with van der Waals surface area (Å²) in [4.78, 5) is 27.8. The van der Waals surface area contributed by atoms with Crippen LogP contribution in [0.4, 0.5) is 11.4 Å². The number of amides is 2. The van der Waals surface area contributed by atoms with E-state index >= 15 is 0 Å². The molecule has 0 fully saturated rings. The number of rotatable bonds is 3. The van der Waals surface area contributed by atoms with Gasteiger partial charge in [0.25, 0.3) is 11.8 Å². The standard InChI is InChI=1S/C22H18ClN3O2/c1-15-5-11-18(12-6-15)26-20(27)14-25-13-3-2-4-19(25)21(26)22(28)24-17-9-7-16(23)8-10-17/h2-13,21H,14H2,1H3/p+1/t21-/m1/s1. The van der Waals surface area contributed by atoms with E-state index in [2.05, 4.69) is 5.32 Å². The molecule has 28 heavy (non-hydrogen) atoms. The summed E-state index contributed by atoms with van der Waals surface area (Å²) in [6.45, 7) is 2.17. The number of benzene rings is 2. The van der Waals surface area contributed by atoms with Gasteiger partial charge >= 0.3 is 0 Å². The zero-order valence-corrected chi connectivity index (χ0v) is 16.1. The number of fused-ring (bicyclic) bond motifs is 1. The minimum atomic E-state index is -0.777. The molecule has 2 aromatic carbocycles. The fraction of sp³-hybridized carbons (Fsp3) is 0.136. The number of aryl methyl sites for hydroxylation is 1. The Bertz CT molecular complexity index is 1030. The lowest BCUT2D eigenvalue weighted by atomic mass is 10.0. The summed E-state index contributed by atoms with van der Waals surface area (Å²) in [5.74, 6) is -0.417. The Kier molecular flexibility index (Phi) is 4.84. The molecule has 0 unspecified atom stereocenters. The smallest absolute Gasteiger partial charge is 0.294 e. The van der Waals surface area contributed by atoms with Crippen LogP contribution in [0, 0.1) is 6.92 Å². The van der Waals surface area contributed by atoms with Crippen LogP contribution in [0.25, 0.3) is 0 Å². The first-order valence-electron chi connectivity index (χ1n) is 8.96. The Morgan fingerprint density at radius 3 is 2.50 bits per heavy atom. The van der Waals surface area contributed by atoms with Crippen LogP contribution in [-0.2, 0) is 16.1 Å². The Morgan fingerprint density at radius 1 is 1.07 bits per heavy atom. The molecule has 4 rings (SSSR count). The number of nitrogens with zero attached hydrogens (tertiary/aromatic N) is 2. The van der Waals surface area contributed by atoms with Crippen LogP contribution in [0.5, 0.6) is 0 Å². The number of nitrogens with one attached hydrogen (secondary N) is 1. The van der Waals surface area contributed by atoms with E-state index in [1.165, 1.54) is 0 Å². The normalized spacial score (nSPS) is 15.9. The van der Waals surface area contributed by atoms with E-state index < -0.39 is 6.04 Å². The van der Waals surface area contributed by atoms with Gasteiger partial charge in [0.05, 0.1) is 0 Å². The number of carbonyl (C=O) groups is 2. The van der Waals surface area contributed by atoms with Gasteiger partial charge in [-0.3, -0.25) is 14.5 Å². The summed E-state index contributed by atoms with van der Waals surface area (Å²) < 4.78 is 1.82. The first-order chi connectivity index (χ1) is 13.5. The Balaban J connectivity index is 1.75. The minimum absolute atomic E-state index is 0.135. The zero-order chi connectivity index (χ0) is 19.7. The van der Waals surface area contributed by atoms with E-state index in [0.29, 0.717) is 16.4 Å². The molecule has 1 aliphatic rings. The van der Waals surface area contributed by atoms with E-state index in [9.17, 15) is 9.59 Å². The Morgan fingerprint density at radius 2 is 1.79 bits per heavy atom. The van der Waals surface area contributed by atoms with Crippen molar-refractivity contribution in [2.75, 3.05) is 10.2 Å². The van der Waals surface area contributed by atoms with Crippen molar-refractivity contribution in [2.45, 2.75) is 19.5 Å². The molecular weight excluding hydrogens is 374 g/mol. The number of hydrogen-bond donors (Lipinski definition) is 1. The first kappa shape index (κ1) is 18.2. The maximum Gasteiger partial charge on any atom is 0.294 e. The van der Waals surface area contributed by atoms with Crippen molar-refractivity contribution in [1.82, 2.24) is 0 Å². The first-order valence-corrected chi connectivity index (χ1v) is 9.34. The van der Waals surface area contributed by atoms with Gasteiger partial charge in [-0.25, -0.2) is 0 Å². The Hall–Kier alpha value is -3.18. The van der Waals surface area contributed by atoms with Crippen LogP contribution < -0.4 is 14.8 Å². The molecule has 0 spiro atoms. The van der Waals surface area contributed by atoms with Gasteiger partial charge in [-0.05, 0) is 43.3 Å². The lowest BCUT2D eigenvalue weighted by molar-refractivity contribution is -0.695. The third kappa shape index (κ3) is 3.49. The topological polar surface area (TPSA) is 53.3 Å². The number of anilines is 2. The van der Waals surface area contributed by atoms with Crippen molar-refractivity contribution in [3.63, 3.8) is 0 Å². The predicted molar refractivity (Wildman–Crippen MR) is 108 cm³/mol.